The lowest BCUT2D eigenvalue weighted by Crippen LogP contribution is -2.14. The van der Waals surface area contributed by atoms with Crippen molar-refractivity contribution in [2.45, 2.75) is 20.9 Å². The third kappa shape index (κ3) is 4.57. The van der Waals surface area contributed by atoms with Gasteiger partial charge >= 0.3 is 6.18 Å². The van der Waals surface area contributed by atoms with Crippen molar-refractivity contribution in [2.75, 3.05) is 10.5 Å². The molecule has 0 saturated carbocycles. The highest BCUT2D eigenvalue weighted by molar-refractivity contribution is 7.99. The van der Waals surface area contributed by atoms with E-state index in [2.05, 4.69) is 9.71 Å². The van der Waals surface area contributed by atoms with Gasteiger partial charge in [-0.2, -0.15) is 13.2 Å². The minimum atomic E-state index is -4.56. The quantitative estimate of drug-likeness (QED) is 0.243. The van der Waals surface area contributed by atoms with E-state index in [1.165, 1.54) is 11.8 Å². The van der Waals surface area contributed by atoms with E-state index in [0.29, 0.717) is 21.4 Å². The van der Waals surface area contributed by atoms with E-state index in [4.69, 9.17) is 5.73 Å². The zero-order valence-corrected chi connectivity index (χ0v) is 20.1. The van der Waals surface area contributed by atoms with Crippen LogP contribution in [0.15, 0.2) is 106 Å². The number of nitrogens with zero attached hydrogens (tertiary/aromatic N) is 1. The summed E-state index contributed by atoms with van der Waals surface area (Å²) < 4.78 is 67.5. The highest BCUT2D eigenvalue weighted by Gasteiger charge is 2.30. The van der Waals surface area contributed by atoms with Crippen molar-refractivity contribution < 1.29 is 21.6 Å². The van der Waals surface area contributed by atoms with Crippen LogP contribution < -0.4 is 10.5 Å². The van der Waals surface area contributed by atoms with Gasteiger partial charge < -0.3 is 5.73 Å². The first-order valence-corrected chi connectivity index (χ1v) is 13.0. The van der Waals surface area contributed by atoms with Crippen molar-refractivity contribution in [1.82, 2.24) is 4.98 Å². The number of benzene rings is 4. The molecule has 0 radical (unpaired) electrons. The standard InChI is InChI=1S/C26H18F3N3O2S2/c27-26(28,29)17-10-12-18(13-11-17)36(33,34)32-21-15-23(24(30)20-8-2-1-7-19(20)21)35-22-9-3-5-16-6-4-14-31-25(16)22/h1-15,32H,30H2. The summed E-state index contributed by atoms with van der Waals surface area (Å²) >= 11 is 1.35. The van der Waals surface area contributed by atoms with Crippen molar-refractivity contribution in [1.29, 1.82) is 0 Å². The van der Waals surface area contributed by atoms with Crippen molar-refractivity contribution in [3.63, 3.8) is 0 Å². The molecular weight excluding hydrogens is 507 g/mol. The molecule has 0 aliphatic heterocycles. The Kier molecular flexibility index (Phi) is 6.01. The Bertz CT molecular complexity index is 1700. The van der Waals surface area contributed by atoms with E-state index in [9.17, 15) is 21.6 Å². The fourth-order valence-corrected chi connectivity index (χ4v) is 5.96. The second-order valence-corrected chi connectivity index (χ2v) is 10.7. The van der Waals surface area contributed by atoms with Gasteiger partial charge in [0.2, 0.25) is 0 Å². The number of aromatic nitrogens is 1. The average Bonchev–Trinajstić information content (AvgIpc) is 2.86. The number of nitrogen functional groups attached to an aromatic ring is 1. The Labute approximate surface area is 209 Å². The largest absolute Gasteiger partial charge is 0.416 e. The van der Waals surface area contributed by atoms with Gasteiger partial charge in [0.05, 0.1) is 27.4 Å². The zero-order valence-electron chi connectivity index (χ0n) is 18.5. The van der Waals surface area contributed by atoms with Gasteiger partial charge in [0.25, 0.3) is 10.0 Å². The van der Waals surface area contributed by atoms with Crippen LogP contribution in [-0.2, 0) is 16.2 Å². The highest BCUT2D eigenvalue weighted by Crippen LogP contribution is 2.42. The molecule has 0 fully saturated rings. The summed E-state index contributed by atoms with van der Waals surface area (Å²) in [5.74, 6) is 0. The molecule has 0 saturated heterocycles. The van der Waals surface area contributed by atoms with Crippen LogP contribution in [0.2, 0.25) is 0 Å². The predicted molar refractivity (Wildman–Crippen MR) is 136 cm³/mol. The number of hydrogen-bond donors (Lipinski definition) is 2. The molecule has 10 heteroatoms. The molecule has 0 amide bonds. The highest BCUT2D eigenvalue weighted by atomic mass is 32.2. The van der Waals surface area contributed by atoms with E-state index in [1.807, 2.05) is 30.3 Å². The average molecular weight is 526 g/mol. The summed E-state index contributed by atoms with van der Waals surface area (Å²) in [6.45, 7) is 0. The summed E-state index contributed by atoms with van der Waals surface area (Å²) in [5, 5.41) is 2.15. The molecule has 182 valence electrons. The molecule has 0 aliphatic carbocycles. The van der Waals surface area contributed by atoms with Gasteiger partial charge in [-0.15, -0.1) is 0 Å². The van der Waals surface area contributed by atoms with Crippen LogP contribution in [0.3, 0.4) is 0 Å². The van der Waals surface area contributed by atoms with Crippen LogP contribution in [0, 0.1) is 0 Å². The van der Waals surface area contributed by atoms with Crippen LogP contribution >= 0.6 is 11.8 Å². The van der Waals surface area contributed by atoms with Crippen molar-refractivity contribution >= 4 is 54.8 Å². The summed E-state index contributed by atoms with van der Waals surface area (Å²) in [7, 11) is -4.18. The maximum Gasteiger partial charge on any atom is 0.416 e. The van der Waals surface area contributed by atoms with Crippen LogP contribution in [0.4, 0.5) is 24.5 Å². The summed E-state index contributed by atoms with van der Waals surface area (Å²) in [6.07, 6.45) is -2.87. The number of anilines is 2. The molecule has 5 nitrogen and oxygen atoms in total. The van der Waals surface area contributed by atoms with Crippen molar-refractivity contribution in [3.05, 3.63) is 96.7 Å². The Hall–Kier alpha value is -3.76. The molecule has 1 aromatic heterocycles. The molecule has 0 bridgehead atoms. The number of fused-ring (bicyclic) bond motifs is 2. The fourth-order valence-electron chi connectivity index (χ4n) is 3.84. The number of rotatable bonds is 5. The minimum Gasteiger partial charge on any atom is -0.397 e. The van der Waals surface area contributed by atoms with Gasteiger partial charge in [-0.3, -0.25) is 9.71 Å². The van der Waals surface area contributed by atoms with Gasteiger partial charge in [0.1, 0.15) is 0 Å². The van der Waals surface area contributed by atoms with Gasteiger partial charge in [-0.1, -0.05) is 54.2 Å². The first-order chi connectivity index (χ1) is 17.1. The van der Waals surface area contributed by atoms with Crippen LogP contribution in [0.25, 0.3) is 21.7 Å². The van der Waals surface area contributed by atoms with E-state index < -0.39 is 21.8 Å². The van der Waals surface area contributed by atoms with E-state index in [-0.39, 0.29) is 10.6 Å². The maximum atomic E-state index is 13.1. The number of nitrogens with two attached hydrogens (primary N) is 1. The molecule has 0 spiro atoms. The monoisotopic (exact) mass is 525 g/mol. The second kappa shape index (κ2) is 9.03. The first kappa shape index (κ1) is 24.0. The SMILES string of the molecule is Nc1c(Sc2cccc3cccnc23)cc(NS(=O)(=O)c2ccc(C(F)(F)F)cc2)c2ccccc12. The van der Waals surface area contributed by atoms with E-state index in [0.717, 1.165) is 40.1 Å². The molecule has 0 unspecified atom stereocenters. The molecule has 0 atom stereocenters. The number of sulfonamides is 1. The molecule has 5 aromatic rings. The first-order valence-electron chi connectivity index (χ1n) is 10.7. The lowest BCUT2D eigenvalue weighted by atomic mass is 10.1. The Balaban J connectivity index is 1.58. The van der Waals surface area contributed by atoms with E-state index >= 15 is 0 Å². The Morgan fingerprint density at radius 3 is 2.25 bits per heavy atom. The summed E-state index contributed by atoms with van der Waals surface area (Å²) in [6, 6.07) is 21.6. The third-order valence-electron chi connectivity index (χ3n) is 5.60. The minimum absolute atomic E-state index is 0.260. The fraction of sp³-hybridized carbons (Fsp3) is 0.0385. The second-order valence-electron chi connectivity index (χ2n) is 7.94. The van der Waals surface area contributed by atoms with Gasteiger partial charge in [-0.25, -0.2) is 8.42 Å². The molecule has 36 heavy (non-hydrogen) atoms. The summed E-state index contributed by atoms with van der Waals surface area (Å²) in [5.41, 5.74) is 7.07. The van der Waals surface area contributed by atoms with Crippen molar-refractivity contribution in [3.8, 4) is 0 Å². The smallest absolute Gasteiger partial charge is 0.397 e. The van der Waals surface area contributed by atoms with Gasteiger partial charge in [-0.05, 0) is 42.5 Å². The molecule has 5 rings (SSSR count). The van der Waals surface area contributed by atoms with Gasteiger partial charge in [0, 0.05) is 32.1 Å². The van der Waals surface area contributed by atoms with Crippen molar-refractivity contribution in [2.24, 2.45) is 0 Å². The number of halogens is 3. The number of alkyl halides is 3. The normalized spacial score (nSPS) is 12.2. The number of hydrogen-bond acceptors (Lipinski definition) is 5. The number of para-hydroxylation sites is 1. The molecule has 0 aliphatic rings. The third-order valence-corrected chi connectivity index (χ3v) is 8.09. The van der Waals surface area contributed by atoms with Crippen LogP contribution in [-0.4, -0.2) is 13.4 Å². The lowest BCUT2D eigenvalue weighted by Gasteiger charge is -2.16. The number of nitrogens with one attached hydrogen (secondary N) is 1. The Morgan fingerprint density at radius 2 is 1.53 bits per heavy atom. The molecule has 4 aromatic carbocycles. The van der Waals surface area contributed by atoms with Crippen LogP contribution in [0.5, 0.6) is 0 Å². The number of pyridine rings is 1. The van der Waals surface area contributed by atoms with Crippen LogP contribution in [0.1, 0.15) is 5.56 Å². The topological polar surface area (TPSA) is 85.1 Å². The lowest BCUT2D eigenvalue weighted by molar-refractivity contribution is -0.137. The summed E-state index contributed by atoms with van der Waals surface area (Å²) in [4.78, 5) is 5.62. The maximum absolute atomic E-state index is 13.1. The Morgan fingerprint density at radius 1 is 0.833 bits per heavy atom. The predicted octanol–water partition coefficient (Wildman–Crippen LogP) is 6.94. The van der Waals surface area contributed by atoms with Gasteiger partial charge in [0.15, 0.2) is 0 Å². The van der Waals surface area contributed by atoms with E-state index in [1.54, 1.807) is 36.5 Å². The zero-order chi connectivity index (χ0) is 25.5. The molecule has 3 N–H and O–H groups in total. The molecular formula is C26H18F3N3O2S2. The molecule has 1 heterocycles.